The SMILES string of the molecule is O=C(COc1ccc(-c2nc3ccccc3s2)cc1)NCc1ccc2c(c1)OCO2. The predicted molar refractivity (Wildman–Crippen MR) is 115 cm³/mol. The van der Waals surface area contributed by atoms with Crippen molar-refractivity contribution in [3.05, 3.63) is 72.3 Å². The Hall–Kier alpha value is -3.58. The number of fused-ring (bicyclic) bond motifs is 2. The van der Waals surface area contributed by atoms with Crippen LogP contribution in [0.4, 0.5) is 0 Å². The molecule has 0 fully saturated rings. The second-order valence-electron chi connectivity index (χ2n) is 6.76. The molecule has 3 aromatic carbocycles. The second-order valence-corrected chi connectivity index (χ2v) is 7.79. The molecule has 0 saturated carbocycles. The number of thiazole rings is 1. The molecule has 0 saturated heterocycles. The largest absolute Gasteiger partial charge is 0.484 e. The highest BCUT2D eigenvalue weighted by atomic mass is 32.1. The van der Waals surface area contributed by atoms with Gasteiger partial charge in [0.05, 0.1) is 10.2 Å². The lowest BCUT2D eigenvalue weighted by Gasteiger charge is -2.08. The third kappa shape index (κ3) is 3.92. The van der Waals surface area contributed by atoms with Crippen molar-refractivity contribution in [1.82, 2.24) is 10.3 Å². The van der Waals surface area contributed by atoms with Crippen LogP contribution in [0.25, 0.3) is 20.8 Å². The van der Waals surface area contributed by atoms with Crippen LogP contribution in [0.5, 0.6) is 17.2 Å². The van der Waals surface area contributed by atoms with E-state index in [4.69, 9.17) is 14.2 Å². The lowest BCUT2D eigenvalue weighted by atomic mass is 10.2. The zero-order valence-electron chi connectivity index (χ0n) is 16.0. The van der Waals surface area contributed by atoms with E-state index >= 15 is 0 Å². The van der Waals surface area contributed by atoms with E-state index in [-0.39, 0.29) is 19.3 Å². The van der Waals surface area contributed by atoms with Crippen molar-refractivity contribution in [3.8, 4) is 27.8 Å². The van der Waals surface area contributed by atoms with Gasteiger partial charge in [0.1, 0.15) is 10.8 Å². The second kappa shape index (κ2) is 8.04. The lowest BCUT2D eigenvalue weighted by molar-refractivity contribution is -0.123. The molecule has 5 rings (SSSR count). The normalized spacial score (nSPS) is 12.1. The van der Waals surface area contributed by atoms with Crippen LogP contribution in [0, 0.1) is 0 Å². The van der Waals surface area contributed by atoms with E-state index in [1.165, 1.54) is 0 Å². The van der Waals surface area contributed by atoms with Gasteiger partial charge < -0.3 is 19.5 Å². The first-order chi connectivity index (χ1) is 14.7. The first-order valence-electron chi connectivity index (χ1n) is 9.49. The number of ether oxygens (including phenoxy) is 3. The zero-order valence-corrected chi connectivity index (χ0v) is 16.8. The number of para-hydroxylation sites is 1. The fourth-order valence-corrected chi connectivity index (χ4v) is 4.11. The van der Waals surface area contributed by atoms with Crippen molar-refractivity contribution < 1.29 is 19.0 Å². The Morgan fingerprint density at radius 3 is 2.73 bits per heavy atom. The smallest absolute Gasteiger partial charge is 0.258 e. The minimum Gasteiger partial charge on any atom is -0.484 e. The molecule has 0 atom stereocenters. The third-order valence-corrected chi connectivity index (χ3v) is 5.78. The molecule has 1 amide bonds. The monoisotopic (exact) mass is 418 g/mol. The van der Waals surface area contributed by atoms with Gasteiger partial charge >= 0.3 is 0 Å². The van der Waals surface area contributed by atoms with Gasteiger partial charge in [0.2, 0.25) is 6.79 Å². The Morgan fingerprint density at radius 2 is 1.87 bits per heavy atom. The van der Waals surface area contributed by atoms with Crippen molar-refractivity contribution in [1.29, 1.82) is 0 Å². The molecule has 0 bridgehead atoms. The van der Waals surface area contributed by atoms with Gasteiger partial charge in [-0.1, -0.05) is 18.2 Å². The number of benzene rings is 3. The van der Waals surface area contributed by atoms with Crippen LogP contribution in [0.3, 0.4) is 0 Å². The summed E-state index contributed by atoms with van der Waals surface area (Å²) in [6.07, 6.45) is 0. The fraction of sp³-hybridized carbons (Fsp3) is 0.130. The maximum Gasteiger partial charge on any atom is 0.258 e. The summed E-state index contributed by atoms with van der Waals surface area (Å²) in [4.78, 5) is 16.8. The van der Waals surface area contributed by atoms with Crippen LogP contribution < -0.4 is 19.5 Å². The van der Waals surface area contributed by atoms with Crippen LogP contribution in [-0.4, -0.2) is 24.3 Å². The molecule has 30 heavy (non-hydrogen) atoms. The summed E-state index contributed by atoms with van der Waals surface area (Å²) in [5.41, 5.74) is 2.96. The first kappa shape index (κ1) is 18.4. The third-order valence-electron chi connectivity index (χ3n) is 4.69. The van der Waals surface area contributed by atoms with E-state index in [0.717, 1.165) is 32.1 Å². The van der Waals surface area contributed by atoms with Crippen LogP contribution in [-0.2, 0) is 11.3 Å². The average molecular weight is 418 g/mol. The van der Waals surface area contributed by atoms with Crippen molar-refractivity contribution in [2.45, 2.75) is 6.54 Å². The number of aromatic nitrogens is 1. The Morgan fingerprint density at radius 1 is 1.03 bits per heavy atom. The van der Waals surface area contributed by atoms with E-state index in [0.29, 0.717) is 18.0 Å². The first-order valence-corrected chi connectivity index (χ1v) is 10.3. The predicted octanol–water partition coefficient (Wildman–Crippen LogP) is 4.39. The van der Waals surface area contributed by atoms with E-state index in [2.05, 4.69) is 16.4 Å². The van der Waals surface area contributed by atoms with Gasteiger partial charge in [0, 0.05) is 12.1 Å². The highest BCUT2D eigenvalue weighted by molar-refractivity contribution is 7.21. The van der Waals surface area contributed by atoms with E-state index < -0.39 is 0 Å². The Bertz CT molecular complexity index is 1170. The molecule has 6 nitrogen and oxygen atoms in total. The molecule has 1 N–H and O–H groups in total. The summed E-state index contributed by atoms with van der Waals surface area (Å²) in [5, 5.41) is 3.81. The number of carbonyl (C=O) groups excluding carboxylic acids is 1. The molecule has 0 aliphatic carbocycles. The summed E-state index contributed by atoms with van der Waals surface area (Å²) in [6.45, 7) is 0.581. The van der Waals surface area contributed by atoms with Crippen LogP contribution in [0.2, 0.25) is 0 Å². The number of carbonyl (C=O) groups is 1. The van der Waals surface area contributed by atoms with Crippen LogP contribution in [0.15, 0.2) is 66.7 Å². The summed E-state index contributed by atoms with van der Waals surface area (Å²) in [5.74, 6) is 1.87. The molecule has 4 aromatic rings. The summed E-state index contributed by atoms with van der Waals surface area (Å²) in [6, 6.07) is 21.3. The van der Waals surface area contributed by atoms with E-state index in [1.54, 1.807) is 11.3 Å². The molecule has 150 valence electrons. The summed E-state index contributed by atoms with van der Waals surface area (Å²) >= 11 is 1.65. The van der Waals surface area contributed by atoms with E-state index in [1.807, 2.05) is 60.7 Å². The Kier molecular flexibility index (Phi) is 4.94. The van der Waals surface area contributed by atoms with Gasteiger partial charge in [0.25, 0.3) is 5.91 Å². The van der Waals surface area contributed by atoms with Gasteiger partial charge in [0.15, 0.2) is 18.1 Å². The number of nitrogens with one attached hydrogen (secondary N) is 1. The molecule has 2 heterocycles. The molecule has 0 radical (unpaired) electrons. The van der Waals surface area contributed by atoms with Crippen LogP contribution in [0.1, 0.15) is 5.56 Å². The average Bonchev–Trinajstić information content (AvgIpc) is 3.43. The van der Waals surface area contributed by atoms with Gasteiger partial charge in [-0.15, -0.1) is 11.3 Å². The molecule has 0 unspecified atom stereocenters. The van der Waals surface area contributed by atoms with Gasteiger partial charge in [-0.05, 0) is 54.1 Å². The fourth-order valence-electron chi connectivity index (χ4n) is 3.14. The van der Waals surface area contributed by atoms with Crippen molar-refractivity contribution in [3.63, 3.8) is 0 Å². The molecule has 1 aliphatic rings. The molecular weight excluding hydrogens is 400 g/mol. The van der Waals surface area contributed by atoms with Crippen molar-refractivity contribution in [2.75, 3.05) is 13.4 Å². The quantitative estimate of drug-likeness (QED) is 0.503. The zero-order chi connectivity index (χ0) is 20.3. The number of rotatable bonds is 6. The Balaban J connectivity index is 1.15. The Labute approximate surface area is 177 Å². The summed E-state index contributed by atoms with van der Waals surface area (Å²) in [7, 11) is 0. The highest BCUT2D eigenvalue weighted by Gasteiger charge is 2.13. The van der Waals surface area contributed by atoms with Gasteiger partial charge in [-0.2, -0.15) is 0 Å². The molecule has 0 spiro atoms. The number of amides is 1. The number of hydrogen-bond donors (Lipinski definition) is 1. The van der Waals surface area contributed by atoms with Crippen LogP contribution >= 0.6 is 11.3 Å². The van der Waals surface area contributed by atoms with Gasteiger partial charge in [-0.25, -0.2) is 4.98 Å². The standard InChI is InChI=1S/C23H18N2O4S/c26-22(24-12-15-5-10-19-20(11-15)29-14-28-19)13-27-17-8-6-16(7-9-17)23-25-18-3-1-2-4-21(18)30-23/h1-11H,12-14H2,(H,24,26). The maximum absolute atomic E-state index is 12.1. The minimum absolute atomic E-state index is 0.0506. The highest BCUT2D eigenvalue weighted by Crippen LogP contribution is 2.32. The molecule has 1 aliphatic heterocycles. The maximum atomic E-state index is 12.1. The molecule has 7 heteroatoms. The number of nitrogens with zero attached hydrogens (tertiary/aromatic N) is 1. The minimum atomic E-state index is -0.192. The summed E-state index contributed by atoms with van der Waals surface area (Å²) < 4.78 is 17.4. The van der Waals surface area contributed by atoms with Crippen molar-refractivity contribution in [2.24, 2.45) is 0 Å². The molecular formula is C23H18N2O4S. The van der Waals surface area contributed by atoms with Crippen molar-refractivity contribution >= 4 is 27.5 Å². The molecule has 1 aromatic heterocycles. The number of hydrogen-bond acceptors (Lipinski definition) is 6. The lowest BCUT2D eigenvalue weighted by Crippen LogP contribution is -2.28. The van der Waals surface area contributed by atoms with Gasteiger partial charge in [-0.3, -0.25) is 4.79 Å². The van der Waals surface area contributed by atoms with E-state index in [9.17, 15) is 4.79 Å². The topological polar surface area (TPSA) is 69.7 Å².